The molecule has 0 fully saturated rings. The van der Waals surface area contributed by atoms with Crippen LogP contribution in [0.4, 0.5) is 4.79 Å². The molecule has 0 saturated heterocycles. The fraction of sp³-hybridized carbons (Fsp3) is 0.375. The number of aromatic nitrogens is 3. The number of pyridine rings is 1. The number of amides is 1. The summed E-state index contributed by atoms with van der Waals surface area (Å²) in [6.07, 6.45) is -0.258. The Labute approximate surface area is 197 Å². The maximum atomic E-state index is 12.7. The van der Waals surface area contributed by atoms with E-state index < -0.39 is 23.2 Å². The molecule has 34 heavy (non-hydrogen) atoms. The molecule has 0 saturated carbocycles. The first-order valence-corrected chi connectivity index (χ1v) is 10.6. The third kappa shape index (κ3) is 6.09. The van der Waals surface area contributed by atoms with E-state index in [1.807, 2.05) is 30.3 Å². The highest BCUT2D eigenvalue weighted by Gasteiger charge is 2.36. The quantitative estimate of drug-likeness (QED) is 0.514. The summed E-state index contributed by atoms with van der Waals surface area (Å²) >= 11 is 0. The molecule has 0 aliphatic heterocycles. The van der Waals surface area contributed by atoms with Crippen LogP contribution in [0, 0.1) is 0 Å². The van der Waals surface area contributed by atoms with Crippen molar-refractivity contribution < 1.29 is 28.2 Å². The molecule has 10 heteroatoms. The van der Waals surface area contributed by atoms with Gasteiger partial charge in [0.1, 0.15) is 11.1 Å². The molecule has 1 aromatic carbocycles. The molecule has 1 atom stereocenters. The summed E-state index contributed by atoms with van der Waals surface area (Å²) in [6.45, 7) is 7.11. The van der Waals surface area contributed by atoms with Gasteiger partial charge in [-0.05, 0) is 39.3 Å². The number of rotatable bonds is 7. The summed E-state index contributed by atoms with van der Waals surface area (Å²) in [5.74, 6) is -0.185. The Morgan fingerprint density at radius 1 is 1.03 bits per heavy atom. The molecular formula is C24H28N4O6. The van der Waals surface area contributed by atoms with E-state index in [1.165, 1.54) is 20.3 Å². The van der Waals surface area contributed by atoms with Crippen LogP contribution < -0.4 is 10.1 Å². The summed E-state index contributed by atoms with van der Waals surface area (Å²) in [5, 5.41) is 11.2. The van der Waals surface area contributed by atoms with Crippen molar-refractivity contribution in [3.05, 3.63) is 59.6 Å². The van der Waals surface area contributed by atoms with Crippen molar-refractivity contribution in [3.8, 4) is 17.3 Å². The van der Waals surface area contributed by atoms with Crippen molar-refractivity contribution in [1.82, 2.24) is 20.5 Å². The van der Waals surface area contributed by atoms with E-state index in [-0.39, 0.29) is 23.4 Å². The molecule has 0 aliphatic carbocycles. The predicted octanol–water partition coefficient (Wildman–Crippen LogP) is 3.91. The Hall–Kier alpha value is -3.95. The summed E-state index contributed by atoms with van der Waals surface area (Å²) in [5.41, 5.74) is -0.396. The number of ether oxygens (including phenoxy) is 3. The molecule has 3 aromatic rings. The zero-order valence-electron chi connectivity index (χ0n) is 20.0. The monoisotopic (exact) mass is 468 g/mol. The van der Waals surface area contributed by atoms with Crippen molar-refractivity contribution >= 4 is 12.1 Å². The number of nitrogens with zero attached hydrogens (tertiary/aromatic N) is 3. The highest BCUT2D eigenvalue weighted by Crippen LogP contribution is 2.30. The first-order valence-electron chi connectivity index (χ1n) is 10.6. The number of alkyl carbamates (subject to hydrolysis) is 1. The van der Waals surface area contributed by atoms with E-state index in [0.717, 1.165) is 5.56 Å². The van der Waals surface area contributed by atoms with E-state index >= 15 is 0 Å². The number of nitrogens with one attached hydrogen (secondary N) is 1. The molecule has 0 spiro atoms. The number of hydrogen-bond acceptors (Lipinski definition) is 9. The molecule has 10 nitrogen and oxygen atoms in total. The van der Waals surface area contributed by atoms with Gasteiger partial charge in [0.25, 0.3) is 0 Å². The van der Waals surface area contributed by atoms with Gasteiger partial charge in [0, 0.05) is 18.1 Å². The number of benzene rings is 1. The van der Waals surface area contributed by atoms with Crippen LogP contribution in [0.2, 0.25) is 0 Å². The lowest BCUT2D eigenvalue weighted by molar-refractivity contribution is 0.0443. The Kier molecular flexibility index (Phi) is 7.19. The molecule has 180 valence electrons. The van der Waals surface area contributed by atoms with Gasteiger partial charge in [-0.25, -0.2) is 14.6 Å². The molecule has 2 heterocycles. The molecule has 2 aromatic heterocycles. The lowest BCUT2D eigenvalue weighted by Gasteiger charge is -2.29. The number of methoxy groups -OCH3 is 2. The Bertz CT molecular complexity index is 1160. The van der Waals surface area contributed by atoms with E-state index in [4.69, 9.17) is 18.6 Å². The molecule has 3 rings (SSSR count). The highest BCUT2D eigenvalue weighted by atomic mass is 16.6. The van der Waals surface area contributed by atoms with Crippen molar-refractivity contribution in [3.63, 3.8) is 0 Å². The minimum atomic E-state index is -1.09. The largest absolute Gasteiger partial charge is 0.481 e. The predicted molar refractivity (Wildman–Crippen MR) is 122 cm³/mol. The molecule has 0 radical (unpaired) electrons. The van der Waals surface area contributed by atoms with Gasteiger partial charge in [-0.3, -0.25) is 0 Å². The maximum Gasteiger partial charge on any atom is 0.408 e. The second-order valence-corrected chi connectivity index (χ2v) is 8.81. The average molecular weight is 469 g/mol. The van der Waals surface area contributed by atoms with E-state index in [0.29, 0.717) is 12.0 Å². The van der Waals surface area contributed by atoms with Gasteiger partial charge in [-0.15, -0.1) is 10.2 Å². The molecule has 1 amide bonds. The van der Waals surface area contributed by atoms with Gasteiger partial charge in [0.2, 0.25) is 17.7 Å². The smallest absolute Gasteiger partial charge is 0.408 e. The topological polar surface area (TPSA) is 126 Å². The minimum Gasteiger partial charge on any atom is -0.481 e. The van der Waals surface area contributed by atoms with Gasteiger partial charge in [-0.1, -0.05) is 30.3 Å². The summed E-state index contributed by atoms with van der Waals surface area (Å²) in [7, 11) is 2.68. The Morgan fingerprint density at radius 3 is 2.35 bits per heavy atom. The van der Waals surface area contributed by atoms with Crippen LogP contribution in [0.25, 0.3) is 11.5 Å². The highest BCUT2D eigenvalue weighted by molar-refractivity contribution is 5.88. The van der Waals surface area contributed by atoms with Gasteiger partial charge in [0.15, 0.2) is 5.69 Å². The SMILES string of the molecule is COC(=O)c1cc(-c2nnc([C@](C)(Cc3ccccc3)NC(=O)OC(C)(C)C)o2)cc(OC)n1. The van der Waals surface area contributed by atoms with E-state index in [9.17, 15) is 9.59 Å². The van der Waals surface area contributed by atoms with Crippen molar-refractivity contribution in [1.29, 1.82) is 0 Å². The second kappa shape index (κ2) is 9.90. The van der Waals surface area contributed by atoms with Crippen LogP contribution in [-0.4, -0.2) is 47.1 Å². The lowest BCUT2D eigenvalue weighted by atomic mass is 9.92. The Morgan fingerprint density at radius 2 is 1.74 bits per heavy atom. The van der Waals surface area contributed by atoms with Crippen LogP contribution in [0.5, 0.6) is 5.88 Å². The fourth-order valence-electron chi connectivity index (χ4n) is 3.21. The number of carbonyl (C=O) groups excluding carboxylic acids is 2. The number of esters is 1. The van der Waals surface area contributed by atoms with Crippen molar-refractivity contribution in [2.75, 3.05) is 14.2 Å². The molecule has 0 unspecified atom stereocenters. The first kappa shape index (κ1) is 24.7. The summed E-state index contributed by atoms with van der Waals surface area (Å²) in [4.78, 5) is 28.7. The first-order chi connectivity index (χ1) is 16.0. The zero-order chi connectivity index (χ0) is 24.9. The normalized spacial score (nSPS) is 13.0. The van der Waals surface area contributed by atoms with Gasteiger partial charge >= 0.3 is 12.1 Å². The van der Waals surface area contributed by atoms with Crippen LogP contribution in [-0.2, 0) is 21.4 Å². The van der Waals surface area contributed by atoms with Crippen molar-refractivity contribution in [2.45, 2.75) is 45.3 Å². The van der Waals surface area contributed by atoms with Gasteiger partial charge < -0.3 is 23.9 Å². The van der Waals surface area contributed by atoms with E-state index in [2.05, 4.69) is 20.5 Å². The van der Waals surface area contributed by atoms with Crippen LogP contribution in [0.3, 0.4) is 0 Å². The fourth-order valence-corrected chi connectivity index (χ4v) is 3.21. The minimum absolute atomic E-state index is 0.0236. The van der Waals surface area contributed by atoms with Crippen LogP contribution in [0.1, 0.15) is 49.6 Å². The molecule has 0 aliphatic rings. The third-order valence-corrected chi connectivity index (χ3v) is 4.73. The average Bonchev–Trinajstić information content (AvgIpc) is 3.28. The standard InChI is InChI=1S/C24H28N4O6/c1-23(2,3)34-22(30)26-24(4,14-15-10-8-7-9-11-15)21-28-27-19(33-21)16-12-17(20(29)32-6)25-18(13-16)31-5/h7-13H,14H2,1-6H3,(H,26,30)/t24-/m0/s1. The van der Waals surface area contributed by atoms with E-state index in [1.54, 1.807) is 33.8 Å². The zero-order valence-corrected chi connectivity index (χ0v) is 20.0. The van der Waals surface area contributed by atoms with Crippen molar-refractivity contribution in [2.24, 2.45) is 0 Å². The molecule has 1 N–H and O–H groups in total. The third-order valence-electron chi connectivity index (χ3n) is 4.73. The lowest BCUT2D eigenvalue weighted by Crippen LogP contribution is -2.47. The van der Waals surface area contributed by atoms with Gasteiger partial charge in [0.05, 0.1) is 14.2 Å². The van der Waals surface area contributed by atoms with Crippen LogP contribution in [0.15, 0.2) is 46.9 Å². The van der Waals surface area contributed by atoms with Gasteiger partial charge in [-0.2, -0.15) is 0 Å². The summed E-state index contributed by atoms with van der Waals surface area (Å²) < 4.78 is 21.4. The second-order valence-electron chi connectivity index (χ2n) is 8.81. The summed E-state index contributed by atoms with van der Waals surface area (Å²) in [6, 6.07) is 12.6. The Balaban J connectivity index is 1.99. The number of hydrogen-bond donors (Lipinski definition) is 1. The molecule has 0 bridgehead atoms. The maximum absolute atomic E-state index is 12.7. The van der Waals surface area contributed by atoms with Crippen LogP contribution >= 0.6 is 0 Å². The molecular weight excluding hydrogens is 440 g/mol. The number of carbonyl (C=O) groups is 2.